The van der Waals surface area contributed by atoms with Crippen molar-refractivity contribution >= 4 is 43.5 Å². The Labute approximate surface area is 374 Å². The molecule has 303 valence electrons. The molecular formula is C55H56IrN2O-2. The van der Waals surface area contributed by atoms with E-state index in [-0.39, 0.29) is 42.1 Å². The third-order valence-electron chi connectivity index (χ3n) is 13.2. The number of pyridine rings is 2. The van der Waals surface area contributed by atoms with Crippen LogP contribution in [0.25, 0.3) is 66.0 Å². The molecule has 5 aromatic carbocycles. The molecule has 0 amide bonds. The fourth-order valence-electron chi connectivity index (χ4n) is 9.30. The van der Waals surface area contributed by atoms with Crippen molar-refractivity contribution in [2.75, 3.05) is 0 Å². The van der Waals surface area contributed by atoms with Crippen LogP contribution in [0.4, 0.5) is 0 Å². The third-order valence-corrected chi connectivity index (χ3v) is 13.2. The second-order valence-electron chi connectivity index (χ2n) is 18.6. The van der Waals surface area contributed by atoms with E-state index in [1.54, 1.807) is 6.07 Å². The number of aryl methyl sites for hydroxylation is 2. The van der Waals surface area contributed by atoms with Crippen LogP contribution in [0.5, 0.6) is 0 Å². The molecule has 0 saturated heterocycles. The van der Waals surface area contributed by atoms with Crippen LogP contribution >= 0.6 is 0 Å². The maximum atomic E-state index is 9.77. The molecule has 1 radical (unpaired) electrons. The van der Waals surface area contributed by atoms with Gasteiger partial charge in [0.1, 0.15) is 5.58 Å². The number of aromatic nitrogens is 2. The Hall–Kier alpha value is -4.63. The van der Waals surface area contributed by atoms with Gasteiger partial charge in [0, 0.05) is 52.9 Å². The van der Waals surface area contributed by atoms with Crippen molar-refractivity contribution in [3.8, 4) is 22.5 Å². The summed E-state index contributed by atoms with van der Waals surface area (Å²) < 4.78 is 66.9. The molecule has 59 heavy (non-hydrogen) atoms. The third kappa shape index (κ3) is 8.04. The van der Waals surface area contributed by atoms with Crippen molar-refractivity contribution in [1.82, 2.24) is 9.97 Å². The van der Waals surface area contributed by atoms with Crippen molar-refractivity contribution < 1.29 is 34.1 Å². The molecule has 0 bridgehead atoms. The van der Waals surface area contributed by atoms with Crippen LogP contribution in [0.1, 0.15) is 124 Å². The number of fused-ring (bicyclic) bond motifs is 7. The Balaban J connectivity index is 0.000000295. The summed E-state index contributed by atoms with van der Waals surface area (Å²) in [5.41, 5.74) is 6.52. The van der Waals surface area contributed by atoms with E-state index >= 15 is 0 Å². The van der Waals surface area contributed by atoms with Crippen molar-refractivity contribution in [2.45, 2.75) is 111 Å². The zero-order valence-corrected chi connectivity index (χ0v) is 37.1. The quantitative estimate of drug-likeness (QED) is 0.131. The minimum atomic E-state index is -2.44. The summed E-state index contributed by atoms with van der Waals surface area (Å²) in [4.78, 5) is 9.13. The zero-order valence-electron chi connectivity index (χ0n) is 41.7. The molecule has 3 aromatic heterocycles. The molecule has 3 heterocycles. The molecule has 2 saturated carbocycles. The summed E-state index contributed by atoms with van der Waals surface area (Å²) in [6.45, 7) is 6.38. The molecule has 0 aliphatic heterocycles. The summed E-state index contributed by atoms with van der Waals surface area (Å²) in [6.07, 6.45) is 11.0. The Bertz CT molecular complexity index is 3040. The van der Waals surface area contributed by atoms with Gasteiger partial charge in [-0.25, -0.2) is 0 Å². The summed E-state index contributed by atoms with van der Waals surface area (Å²) in [6, 6.07) is 37.8. The largest absolute Gasteiger partial charge is 0.500 e. The van der Waals surface area contributed by atoms with Crippen molar-refractivity contribution in [1.29, 1.82) is 0 Å². The summed E-state index contributed by atoms with van der Waals surface area (Å²) >= 11 is 0. The predicted molar refractivity (Wildman–Crippen MR) is 243 cm³/mol. The van der Waals surface area contributed by atoms with E-state index in [4.69, 9.17) is 12.6 Å². The second-order valence-corrected chi connectivity index (χ2v) is 18.6. The molecule has 2 fully saturated rings. The van der Waals surface area contributed by atoms with Gasteiger partial charge in [0.25, 0.3) is 0 Å². The van der Waals surface area contributed by atoms with Crippen LogP contribution in [-0.2, 0) is 25.5 Å². The van der Waals surface area contributed by atoms with Crippen LogP contribution < -0.4 is 0 Å². The molecule has 4 heteroatoms. The van der Waals surface area contributed by atoms with E-state index in [9.17, 15) is 1.37 Å². The summed E-state index contributed by atoms with van der Waals surface area (Å²) in [7, 11) is 0. The van der Waals surface area contributed by atoms with Gasteiger partial charge in [-0.2, -0.15) is 0 Å². The van der Waals surface area contributed by atoms with E-state index in [1.807, 2.05) is 72.9 Å². The maximum Gasteiger partial charge on any atom is 0.129 e. The molecule has 1 spiro atoms. The molecule has 0 unspecified atom stereocenters. The fourth-order valence-corrected chi connectivity index (χ4v) is 9.30. The molecule has 2 aliphatic rings. The van der Waals surface area contributed by atoms with Gasteiger partial charge in [0.05, 0.1) is 5.58 Å². The van der Waals surface area contributed by atoms with Crippen molar-refractivity contribution in [3.05, 3.63) is 144 Å². The molecule has 10 rings (SSSR count). The van der Waals surface area contributed by atoms with Crippen molar-refractivity contribution in [3.63, 3.8) is 0 Å². The summed E-state index contributed by atoms with van der Waals surface area (Å²) in [5.74, 6) is -1.08. The first-order chi connectivity index (χ1) is 30.6. The van der Waals surface area contributed by atoms with E-state index in [0.717, 1.165) is 58.5 Å². The number of hydrogen-bond donors (Lipinski definition) is 0. The number of furan rings is 1. The first-order valence-corrected chi connectivity index (χ1v) is 20.8. The minimum Gasteiger partial charge on any atom is -0.500 e. The average molecular weight is 960 g/mol. The van der Waals surface area contributed by atoms with Gasteiger partial charge in [0.15, 0.2) is 0 Å². The van der Waals surface area contributed by atoms with Crippen LogP contribution in [0, 0.1) is 36.7 Å². The Morgan fingerprint density at radius 2 is 1.44 bits per heavy atom. The van der Waals surface area contributed by atoms with Gasteiger partial charge in [0.2, 0.25) is 0 Å². The topological polar surface area (TPSA) is 38.9 Å². The van der Waals surface area contributed by atoms with Gasteiger partial charge in [-0.05, 0) is 125 Å². The molecule has 0 N–H and O–H groups in total. The van der Waals surface area contributed by atoms with Gasteiger partial charge in [-0.1, -0.05) is 119 Å². The fraction of sp³-hybridized carbons (Fsp3) is 0.345. The maximum absolute atomic E-state index is 9.77. The van der Waals surface area contributed by atoms with E-state index < -0.39 is 19.6 Å². The minimum absolute atomic E-state index is 0. The van der Waals surface area contributed by atoms with Gasteiger partial charge in [-0.3, -0.25) is 0 Å². The molecule has 2 aliphatic carbocycles. The monoisotopic (exact) mass is 960 g/mol. The van der Waals surface area contributed by atoms with Gasteiger partial charge >= 0.3 is 0 Å². The van der Waals surface area contributed by atoms with Gasteiger partial charge in [-0.15, -0.1) is 53.6 Å². The Morgan fingerprint density at radius 3 is 2.15 bits per heavy atom. The molecule has 0 atom stereocenters. The van der Waals surface area contributed by atoms with Gasteiger partial charge < -0.3 is 14.4 Å². The number of benzene rings is 5. The summed E-state index contributed by atoms with van der Waals surface area (Å²) in [5, 5.41) is 5.08. The van der Waals surface area contributed by atoms with Crippen LogP contribution in [0.2, 0.25) is 0 Å². The predicted octanol–water partition coefficient (Wildman–Crippen LogP) is 15.5. The number of nitrogens with zero attached hydrogens (tertiary/aromatic N) is 2. The van der Waals surface area contributed by atoms with Crippen molar-refractivity contribution in [2.24, 2.45) is 10.8 Å². The molecule has 3 nitrogen and oxygen atoms in total. The van der Waals surface area contributed by atoms with Crippen LogP contribution in [0.3, 0.4) is 0 Å². The van der Waals surface area contributed by atoms with Crippen LogP contribution in [0.15, 0.2) is 114 Å². The van der Waals surface area contributed by atoms with E-state index in [2.05, 4.69) is 74.9 Å². The normalized spacial score (nSPS) is 19.3. The Kier molecular flexibility index (Phi) is 9.04. The number of rotatable bonds is 3. The standard InChI is InChI=1S/C40H40NO.C15H16N.Ir/c1-25-9-13-31(37-35(25)32-14-12-29-11-10-27-7-5-6-8-30(27)36(29)38(32)42-37)34-23-33(26(2)24-41-34)28-15-17-40(18-16-28)21-19-39(3,4)20-22-40;1-15(2,3)13-9-10-14(16-11-13)12-7-5-4-6-8-12;/h5-12,14,23-24,28H,15-22H2,1-4H3;4-7,9-11H,1-3H3;/q2*-1;/i1D3,2D3,28D;;. The first kappa shape index (κ1) is 33.1. The first-order valence-electron chi connectivity index (χ1n) is 24.3. The smallest absolute Gasteiger partial charge is 0.129 e. The molecule has 8 aromatic rings. The number of hydrogen-bond acceptors (Lipinski definition) is 3. The molecular weight excluding hydrogens is 897 g/mol. The SMILES string of the molecule is CC(C)(C)c1ccc(-c2[c-]cccc2)nc1.[2H]C([2H])([2H])c1cnc(-c2[c-]cc(C([2H])([2H])[2H])c3c2oc2c3ccc3ccc4ccccc4c32)cc1C1([2H])CCC2(CCC(C)(C)CC2)CC1.[Ir]. The van der Waals surface area contributed by atoms with E-state index in [0.29, 0.717) is 57.0 Å². The van der Waals surface area contributed by atoms with E-state index in [1.165, 1.54) is 30.7 Å². The zero-order chi connectivity index (χ0) is 46.2. The second kappa shape index (κ2) is 16.1. The van der Waals surface area contributed by atoms with Crippen LogP contribution in [-0.4, -0.2) is 9.97 Å². The average Bonchev–Trinajstić information content (AvgIpc) is 3.67. The Morgan fingerprint density at radius 1 is 0.712 bits per heavy atom.